The van der Waals surface area contributed by atoms with Gasteiger partial charge in [-0.05, 0) is 30.5 Å². The Morgan fingerprint density at radius 2 is 1.84 bits per heavy atom. The molecule has 1 amide bonds. The minimum Gasteiger partial charge on any atom is -0.508 e. The number of aromatic hydroxyl groups is 1. The van der Waals surface area contributed by atoms with Crippen LogP contribution >= 0.6 is 0 Å². The lowest BCUT2D eigenvalue weighted by molar-refractivity contribution is -0.132. The molecule has 4 N–H and O–H groups in total. The molecule has 19 heavy (non-hydrogen) atoms. The quantitative estimate of drug-likeness (QED) is 0.776. The Labute approximate surface area is 114 Å². The van der Waals surface area contributed by atoms with Crippen LogP contribution in [0.5, 0.6) is 5.75 Å². The summed E-state index contributed by atoms with van der Waals surface area (Å²) >= 11 is 0. The standard InChI is InChI=1S/C15H22N2O2/c16-11-15(8-2-1-3-9-15)14(19)17-10-12-4-6-13(18)7-5-12/h4-7,18H,1-3,8-11,16H2,(H,17,19). The summed E-state index contributed by atoms with van der Waals surface area (Å²) in [5.41, 5.74) is 6.45. The normalized spacial score (nSPS) is 17.9. The SMILES string of the molecule is NCC1(C(=O)NCc2ccc(O)cc2)CCCCC1. The number of nitrogens with two attached hydrogens (primary N) is 1. The smallest absolute Gasteiger partial charge is 0.227 e. The number of carbonyl (C=O) groups is 1. The molecular weight excluding hydrogens is 240 g/mol. The van der Waals surface area contributed by atoms with Gasteiger partial charge >= 0.3 is 0 Å². The van der Waals surface area contributed by atoms with E-state index in [1.54, 1.807) is 12.1 Å². The van der Waals surface area contributed by atoms with Gasteiger partial charge in [0.15, 0.2) is 0 Å². The first-order chi connectivity index (χ1) is 9.16. The van der Waals surface area contributed by atoms with E-state index in [4.69, 9.17) is 5.73 Å². The molecule has 0 bridgehead atoms. The number of hydrogen-bond donors (Lipinski definition) is 3. The van der Waals surface area contributed by atoms with Crippen LogP contribution in [0.4, 0.5) is 0 Å². The van der Waals surface area contributed by atoms with Crippen LogP contribution < -0.4 is 11.1 Å². The highest BCUT2D eigenvalue weighted by molar-refractivity contribution is 5.83. The van der Waals surface area contributed by atoms with E-state index in [-0.39, 0.29) is 17.1 Å². The highest BCUT2D eigenvalue weighted by atomic mass is 16.3. The van der Waals surface area contributed by atoms with Crippen LogP contribution in [-0.4, -0.2) is 17.6 Å². The third-order valence-corrected chi connectivity index (χ3v) is 4.07. The molecule has 1 aliphatic rings. The fraction of sp³-hybridized carbons (Fsp3) is 0.533. The van der Waals surface area contributed by atoms with Crippen LogP contribution in [0.25, 0.3) is 0 Å². The lowest BCUT2D eigenvalue weighted by atomic mass is 9.73. The van der Waals surface area contributed by atoms with Crippen molar-refractivity contribution in [3.63, 3.8) is 0 Å². The van der Waals surface area contributed by atoms with Crippen molar-refractivity contribution in [1.29, 1.82) is 0 Å². The number of carbonyl (C=O) groups excluding carboxylic acids is 1. The molecule has 0 saturated heterocycles. The highest BCUT2D eigenvalue weighted by Gasteiger charge is 2.37. The first-order valence-corrected chi connectivity index (χ1v) is 6.93. The molecule has 4 heteroatoms. The average molecular weight is 262 g/mol. The zero-order chi connectivity index (χ0) is 13.7. The van der Waals surface area contributed by atoms with Crippen LogP contribution in [0, 0.1) is 5.41 Å². The van der Waals surface area contributed by atoms with E-state index < -0.39 is 0 Å². The summed E-state index contributed by atoms with van der Waals surface area (Å²) in [7, 11) is 0. The number of rotatable bonds is 4. The first-order valence-electron chi connectivity index (χ1n) is 6.93. The predicted octanol–water partition coefficient (Wildman–Crippen LogP) is 1.92. The van der Waals surface area contributed by atoms with Crippen LogP contribution in [0.3, 0.4) is 0 Å². The molecule has 0 atom stereocenters. The molecule has 2 rings (SSSR count). The van der Waals surface area contributed by atoms with E-state index >= 15 is 0 Å². The Morgan fingerprint density at radius 3 is 2.42 bits per heavy atom. The molecule has 1 aromatic rings. The summed E-state index contributed by atoms with van der Waals surface area (Å²) in [4.78, 5) is 12.4. The van der Waals surface area contributed by atoms with Crippen LogP contribution in [-0.2, 0) is 11.3 Å². The van der Waals surface area contributed by atoms with Gasteiger partial charge in [-0.25, -0.2) is 0 Å². The molecule has 0 unspecified atom stereocenters. The van der Waals surface area contributed by atoms with Gasteiger partial charge in [-0.3, -0.25) is 4.79 Å². The zero-order valence-corrected chi connectivity index (χ0v) is 11.2. The molecule has 1 aromatic carbocycles. The average Bonchev–Trinajstić information content (AvgIpc) is 2.47. The number of amides is 1. The molecule has 1 fully saturated rings. The van der Waals surface area contributed by atoms with E-state index in [0.29, 0.717) is 13.1 Å². The van der Waals surface area contributed by atoms with Crippen molar-refractivity contribution >= 4 is 5.91 Å². The van der Waals surface area contributed by atoms with Gasteiger partial charge in [0.1, 0.15) is 5.75 Å². The minimum absolute atomic E-state index is 0.0720. The lowest BCUT2D eigenvalue weighted by Gasteiger charge is -2.34. The van der Waals surface area contributed by atoms with E-state index in [9.17, 15) is 9.90 Å². The van der Waals surface area contributed by atoms with E-state index in [1.165, 1.54) is 6.42 Å². The number of hydrogen-bond acceptors (Lipinski definition) is 3. The van der Waals surface area contributed by atoms with Crippen LogP contribution in [0.15, 0.2) is 24.3 Å². The second-order valence-corrected chi connectivity index (χ2v) is 5.39. The Kier molecular flexibility index (Phi) is 4.43. The first kappa shape index (κ1) is 13.9. The maximum absolute atomic E-state index is 12.4. The summed E-state index contributed by atoms with van der Waals surface area (Å²) in [5, 5.41) is 12.2. The van der Waals surface area contributed by atoms with Crippen LogP contribution in [0.2, 0.25) is 0 Å². The second-order valence-electron chi connectivity index (χ2n) is 5.39. The van der Waals surface area contributed by atoms with E-state index in [0.717, 1.165) is 31.2 Å². The molecular formula is C15H22N2O2. The number of phenolic OH excluding ortho intramolecular Hbond substituents is 1. The minimum atomic E-state index is -0.366. The van der Waals surface area contributed by atoms with Crippen molar-refractivity contribution in [2.75, 3.05) is 6.54 Å². The summed E-state index contributed by atoms with van der Waals surface area (Å²) in [6.07, 6.45) is 5.16. The topological polar surface area (TPSA) is 75.4 Å². The van der Waals surface area contributed by atoms with Crippen LogP contribution in [0.1, 0.15) is 37.7 Å². The Bertz CT molecular complexity index is 422. The van der Waals surface area contributed by atoms with Gasteiger partial charge in [-0.2, -0.15) is 0 Å². The molecule has 0 radical (unpaired) electrons. The van der Waals surface area contributed by atoms with E-state index in [2.05, 4.69) is 5.32 Å². The van der Waals surface area contributed by atoms with Crippen molar-refractivity contribution < 1.29 is 9.90 Å². The highest BCUT2D eigenvalue weighted by Crippen LogP contribution is 2.35. The summed E-state index contributed by atoms with van der Waals surface area (Å²) < 4.78 is 0. The largest absolute Gasteiger partial charge is 0.508 e. The Morgan fingerprint density at radius 1 is 1.21 bits per heavy atom. The van der Waals surface area contributed by atoms with Crippen molar-refractivity contribution in [1.82, 2.24) is 5.32 Å². The lowest BCUT2D eigenvalue weighted by Crippen LogP contribution is -2.46. The van der Waals surface area contributed by atoms with Gasteiger partial charge in [-0.1, -0.05) is 31.4 Å². The fourth-order valence-corrected chi connectivity index (χ4v) is 2.74. The van der Waals surface area contributed by atoms with Crippen molar-refractivity contribution in [3.8, 4) is 5.75 Å². The predicted molar refractivity (Wildman–Crippen MR) is 74.5 cm³/mol. The number of phenols is 1. The molecule has 1 aliphatic carbocycles. The van der Waals surface area contributed by atoms with Gasteiger partial charge in [0.05, 0.1) is 5.41 Å². The molecule has 4 nitrogen and oxygen atoms in total. The van der Waals surface area contributed by atoms with Gasteiger partial charge in [0.25, 0.3) is 0 Å². The fourth-order valence-electron chi connectivity index (χ4n) is 2.74. The molecule has 0 aliphatic heterocycles. The van der Waals surface area contributed by atoms with Gasteiger partial charge in [0.2, 0.25) is 5.91 Å². The monoisotopic (exact) mass is 262 g/mol. The third kappa shape index (κ3) is 3.26. The number of nitrogens with one attached hydrogen (secondary N) is 1. The second kappa shape index (κ2) is 6.06. The third-order valence-electron chi connectivity index (χ3n) is 4.07. The summed E-state index contributed by atoms with van der Waals surface area (Å²) in [5.74, 6) is 0.309. The molecule has 0 heterocycles. The van der Waals surface area contributed by atoms with Gasteiger partial charge in [-0.15, -0.1) is 0 Å². The molecule has 0 spiro atoms. The van der Waals surface area contributed by atoms with Crippen molar-refractivity contribution in [3.05, 3.63) is 29.8 Å². The maximum atomic E-state index is 12.4. The van der Waals surface area contributed by atoms with Gasteiger partial charge < -0.3 is 16.2 Å². The maximum Gasteiger partial charge on any atom is 0.227 e. The van der Waals surface area contributed by atoms with Crippen molar-refractivity contribution in [2.24, 2.45) is 11.1 Å². The Hall–Kier alpha value is -1.55. The molecule has 0 aromatic heterocycles. The summed E-state index contributed by atoms with van der Waals surface area (Å²) in [6, 6.07) is 6.87. The summed E-state index contributed by atoms with van der Waals surface area (Å²) in [6.45, 7) is 0.912. The van der Waals surface area contributed by atoms with Crippen molar-refractivity contribution in [2.45, 2.75) is 38.6 Å². The zero-order valence-electron chi connectivity index (χ0n) is 11.2. The van der Waals surface area contributed by atoms with Gasteiger partial charge in [0, 0.05) is 13.1 Å². The Balaban J connectivity index is 1.94. The molecule has 104 valence electrons. The van der Waals surface area contributed by atoms with E-state index in [1.807, 2.05) is 12.1 Å². The molecule has 1 saturated carbocycles. The number of benzene rings is 1.